The molecule has 0 unspecified atom stereocenters. The molecule has 0 saturated heterocycles. The molecule has 0 fully saturated rings. The van der Waals surface area contributed by atoms with E-state index in [1.807, 2.05) is 73.7 Å². The predicted octanol–water partition coefficient (Wildman–Crippen LogP) is 4.32. The Hall–Kier alpha value is -3.31. The van der Waals surface area contributed by atoms with Gasteiger partial charge in [0, 0.05) is 23.2 Å². The molecule has 1 N–H and O–H groups in total. The molecule has 0 aliphatic carbocycles. The van der Waals surface area contributed by atoms with Crippen LogP contribution in [-0.2, 0) is 6.54 Å². The third-order valence-electron chi connectivity index (χ3n) is 3.85. The van der Waals surface area contributed by atoms with E-state index in [1.165, 1.54) is 5.56 Å². The van der Waals surface area contributed by atoms with Crippen LogP contribution in [0.4, 0.5) is 0 Å². The fourth-order valence-corrected chi connectivity index (χ4v) is 2.36. The second-order valence-electron chi connectivity index (χ2n) is 5.86. The molecule has 0 spiro atoms. The van der Waals surface area contributed by atoms with Crippen molar-refractivity contribution >= 4 is 5.91 Å². The number of carbonyl (C=O) groups is 1. The summed E-state index contributed by atoms with van der Waals surface area (Å²) < 4.78 is 0. The van der Waals surface area contributed by atoms with Crippen LogP contribution in [0.1, 0.15) is 32.6 Å². The summed E-state index contributed by atoms with van der Waals surface area (Å²) in [6, 6.07) is 25.3. The Labute approximate surface area is 148 Å². The highest BCUT2D eigenvalue weighted by Gasteiger charge is 2.04. The summed E-state index contributed by atoms with van der Waals surface area (Å²) in [7, 11) is 0. The molecule has 2 nitrogen and oxygen atoms in total. The fraction of sp³-hybridized carbons (Fsp3) is 0.0870. The molecular weight excluding hydrogens is 306 g/mol. The summed E-state index contributed by atoms with van der Waals surface area (Å²) in [6.07, 6.45) is 0. The summed E-state index contributed by atoms with van der Waals surface area (Å²) in [5, 5.41) is 2.94. The number of aryl methyl sites for hydroxylation is 1. The maximum absolute atomic E-state index is 12.2. The van der Waals surface area contributed by atoms with Crippen LogP contribution < -0.4 is 5.32 Å². The minimum atomic E-state index is -0.0804. The number of amides is 1. The van der Waals surface area contributed by atoms with Crippen molar-refractivity contribution < 1.29 is 4.79 Å². The van der Waals surface area contributed by atoms with Crippen molar-refractivity contribution in [3.8, 4) is 11.8 Å². The first-order chi connectivity index (χ1) is 12.2. The van der Waals surface area contributed by atoms with Crippen molar-refractivity contribution in [3.05, 3.63) is 107 Å². The molecule has 3 aromatic carbocycles. The average Bonchev–Trinajstić information content (AvgIpc) is 2.67. The minimum absolute atomic E-state index is 0.0804. The van der Waals surface area contributed by atoms with Crippen molar-refractivity contribution in [2.24, 2.45) is 0 Å². The van der Waals surface area contributed by atoms with Crippen LogP contribution in [0.3, 0.4) is 0 Å². The Kier molecular flexibility index (Phi) is 5.29. The van der Waals surface area contributed by atoms with Crippen LogP contribution in [0.5, 0.6) is 0 Å². The molecular formula is C23H19NO. The molecule has 3 aromatic rings. The van der Waals surface area contributed by atoms with E-state index in [1.54, 1.807) is 12.1 Å². The number of hydrogen-bond acceptors (Lipinski definition) is 1. The van der Waals surface area contributed by atoms with Crippen molar-refractivity contribution in [3.63, 3.8) is 0 Å². The lowest BCUT2D eigenvalue weighted by Gasteiger charge is -2.06. The predicted molar refractivity (Wildman–Crippen MR) is 101 cm³/mol. The lowest BCUT2D eigenvalue weighted by Crippen LogP contribution is -2.22. The lowest BCUT2D eigenvalue weighted by atomic mass is 10.1. The van der Waals surface area contributed by atoms with Crippen LogP contribution in [0, 0.1) is 18.8 Å². The lowest BCUT2D eigenvalue weighted by molar-refractivity contribution is 0.0951. The van der Waals surface area contributed by atoms with Crippen LogP contribution >= 0.6 is 0 Å². The first-order valence-electron chi connectivity index (χ1n) is 8.21. The summed E-state index contributed by atoms with van der Waals surface area (Å²) in [5.74, 6) is 6.14. The van der Waals surface area contributed by atoms with E-state index >= 15 is 0 Å². The molecule has 25 heavy (non-hydrogen) atoms. The first kappa shape index (κ1) is 16.5. The van der Waals surface area contributed by atoms with Crippen LogP contribution in [0.15, 0.2) is 78.9 Å². The van der Waals surface area contributed by atoms with Gasteiger partial charge in [-0.15, -0.1) is 0 Å². The van der Waals surface area contributed by atoms with Gasteiger partial charge in [-0.2, -0.15) is 0 Å². The highest BCUT2D eigenvalue weighted by molar-refractivity contribution is 5.94. The van der Waals surface area contributed by atoms with Gasteiger partial charge in [0.15, 0.2) is 0 Å². The monoisotopic (exact) mass is 325 g/mol. The van der Waals surface area contributed by atoms with Crippen molar-refractivity contribution in [1.82, 2.24) is 5.32 Å². The van der Waals surface area contributed by atoms with E-state index in [-0.39, 0.29) is 5.91 Å². The molecule has 0 atom stereocenters. The van der Waals surface area contributed by atoms with Gasteiger partial charge in [0.25, 0.3) is 5.91 Å². The van der Waals surface area contributed by atoms with Gasteiger partial charge in [0.2, 0.25) is 0 Å². The minimum Gasteiger partial charge on any atom is -0.348 e. The Morgan fingerprint density at radius 3 is 2.04 bits per heavy atom. The molecule has 0 radical (unpaired) electrons. The van der Waals surface area contributed by atoms with Crippen molar-refractivity contribution in [1.29, 1.82) is 0 Å². The van der Waals surface area contributed by atoms with Crippen LogP contribution in [0.25, 0.3) is 0 Å². The number of benzene rings is 3. The maximum atomic E-state index is 12.2. The number of carbonyl (C=O) groups excluding carboxylic acids is 1. The zero-order valence-electron chi connectivity index (χ0n) is 14.1. The topological polar surface area (TPSA) is 29.1 Å². The fourth-order valence-electron chi connectivity index (χ4n) is 2.36. The Morgan fingerprint density at radius 1 is 0.800 bits per heavy atom. The highest BCUT2D eigenvalue weighted by Crippen LogP contribution is 2.06. The van der Waals surface area contributed by atoms with E-state index in [4.69, 9.17) is 0 Å². The molecule has 122 valence electrons. The summed E-state index contributed by atoms with van der Waals surface area (Å²) in [6.45, 7) is 2.57. The smallest absolute Gasteiger partial charge is 0.251 e. The van der Waals surface area contributed by atoms with Gasteiger partial charge in [-0.1, -0.05) is 59.9 Å². The quantitative estimate of drug-likeness (QED) is 0.714. The maximum Gasteiger partial charge on any atom is 0.251 e. The van der Waals surface area contributed by atoms with E-state index in [0.717, 1.165) is 16.7 Å². The van der Waals surface area contributed by atoms with Gasteiger partial charge < -0.3 is 5.32 Å². The van der Waals surface area contributed by atoms with Crippen LogP contribution in [0.2, 0.25) is 0 Å². The Morgan fingerprint density at radius 2 is 1.40 bits per heavy atom. The summed E-state index contributed by atoms with van der Waals surface area (Å²) >= 11 is 0. The molecule has 0 aliphatic heterocycles. The summed E-state index contributed by atoms with van der Waals surface area (Å²) in [5.41, 5.74) is 4.80. The van der Waals surface area contributed by atoms with E-state index in [9.17, 15) is 4.79 Å². The van der Waals surface area contributed by atoms with Crippen molar-refractivity contribution in [2.75, 3.05) is 0 Å². The third kappa shape index (κ3) is 4.83. The second-order valence-corrected chi connectivity index (χ2v) is 5.86. The zero-order valence-corrected chi connectivity index (χ0v) is 14.1. The van der Waals surface area contributed by atoms with E-state index < -0.39 is 0 Å². The normalized spacial score (nSPS) is 9.80. The van der Waals surface area contributed by atoms with Gasteiger partial charge in [-0.05, 0) is 48.9 Å². The standard InChI is InChI=1S/C23H19NO/c1-18-7-9-21(10-8-18)17-24-23(25)22-15-13-20(14-16-22)12-11-19-5-3-2-4-6-19/h2-10,13-16H,17H2,1H3,(H,24,25). The van der Waals surface area contributed by atoms with E-state index in [2.05, 4.69) is 17.2 Å². The first-order valence-corrected chi connectivity index (χ1v) is 8.21. The molecule has 0 saturated carbocycles. The number of rotatable bonds is 3. The molecule has 0 aliphatic rings. The van der Waals surface area contributed by atoms with Gasteiger partial charge in [-0.3, -0.25) is 4.79 Å². The molecule has 2 heteroatoms. The third-order valence-corrected chi connectivity index (χ3v) is 3.85. The van der Waals surface area contributed by atoms with Gasteiger partial charge in [0.1, 0.15) is 0 Å². The molecule has 0 heterocycles. The Bertz CT molecular complexity index is 898. The number of nitrogens with one attached hydrogen (secondary N) is 1. The zero-order chi connectivity index (χ0) is 17.5. The van der Waals surface area contributed by atoms with Gasteiger partial charge in [0.05, 0.1) is 0 Å². The Balaban J connectivity index is 1.61. The molecule has 1 amide bonds. The van der Waals surface area contributed by atoms with Crippen LogP contribution in [-0.4, -0.2) is 5.91 Å². The van der Waals surface area contributed by atoms with Gasteiger partial charge >= 0.3 is 0 Å². The molecule has 0 bridgehead atoms. The average molecular weight is 325 g/mol. The van der Waals surface area contributed by atoms with E-state index in [0.29, 0.717) is 12.1 Å². The number of hydrogen-bond donors (Lipinski definition) is 1. The molecule has 3 rings (SSSR count). The highest BCUT2D eigenvalue weighted by atomic mass is 16.1. The molecule has 0 aromatic heterocycles. The summed E-state index contributed by atoms with van der Waals surface area (Å²) in [4.78, 5) is 12.2. The largest absolute Gasteiger partial charge is 0.348 e. The SMILES string of the molecule is Cc1ccc(CNC(=O)c2ccc(C#Cc3ccccc3)cc2)cc1. The van der Waals surface area contributed by atoms with Crippen molar-refractivity contribution in [2.45, 2.75) is 13.5 Å². The van der Waals surface area contributed by atoms with Gasteiger partial charge in [-0.25, -0.2) is 0 Å². The second kappa shape index (κ2) is 7.99.